The Kier molecular flexibility index (Phi) is 10.8. The zero-order valence-corrected chi connectivity index (χ0v) is 50.9. The van der Waals surface area contributed by atoms with Crippen LogP contribution in [0.2, 0.25) is 0 Å². The minimum Gasteiger partial charge on any atom is -0.311 e. The van der Waals surface area contributed by atoms with Crippen LogP contribution in [-0.2, 0) is 48.7 Å². The van der Waals surface area contributed by atoms with E-state index in [0.29, 0.717) is 0 Å². The van der Waals surface area contributed by atoms with Gasteiger partial charge in [-0.3, -0.25) is 0 Å². The van der Waals surface area contributed by atoms with E-state index in [1.54, 1.807) is 20.8 Å². The maximum atomic E-state index is 2.84. The van der Waals surface area contributed by atoms with E-state index in [1.807, 2.05) is 0 Å². The fourth-order valence-corrected chi connectivity index (χ4v) is 17.3. The average molecular weight is 1010 g/mol. The molecule has 2 nitrogen and oxygen atoms in total. The molecule has 4 aliphatic carbocycles. The molecule has 75 heavy (non-hydrogen) atoms. The Morgan fingerprint density at radius 2 is 0.907 bits per heavy atom. The van der Waals surface area contributed by atoms with Crippen molar-refractivity contribution >= 4 is 67.9 Å². The molecule has 392 valence electrons. The number of fused-ring (bicyclic) bond motifs is 9. The topological polar surface area (TPSA) is 6.48 Å². The van der Waals surface area contributed by atoms with E-state index < -0.39 is 0 Å². The van der Waals surface area contributed by atoms with Gasteiger partial charge in [-0.1, -0.05) is 168 Å². The molecule has 0 saturated heterocycles. The zero-order chi connectivity index (χ0) is 53.9. The lowest BCUT2D eigenvalue weighted by Gasteiger charge is -2.49. The van der Waals surface area contributed by atoms with Crippen LogP contribution in [0.25, 0.3) is 11.1 Å². The minimum absolute atomic E-state index is 0.0112. The molecular weight excluding hydrogens is 924 g/mol. The molecule has 0 saturated carbocycles. The molecule has 4 heteroatoms. The molecule has 0 radical (unpaired) electrons. The minimum atomic E-state index is -0.0595. The second-order valence-corrected chi connectivity index (χ2v) is 32.4. The first-order valence-electron chi connectivity index (χ1n) is 29.2. The third-order valence-corrected chi connectivity index (χ3v) is 22.6. The number of anilines is 6. The van der Waals surface area contributed by atoms with Gasteiger partial charge in [-0.25, -0.2) is 0 Å². The molecule has 0 fully saturated rings. The summed E-state index contributed by atoms with van der Waals surface area (Å²) in [7, 11) is 0. The normalized spacial score (nSPS) is 22.2. The van der Waals surface area contributed by atoms with Crippen LogP contribution in [0.15, 0.2) is 78.9 Å². The molecule has 6 aliphatic rings. The highest BCUT2D eigenvalue weighted by atomic mass is 32.1. The van der Waals surface area contributed by atoms with Gasteiger partial charge in [0.2, 0.25) is 0 Å². The van der Waals surface area contributed by atoms with Crippen LogP contribution in [0.5, 0.6) is 0 Å². The highest BCUT2D eigenvalue weighted by Gasteiger charge is 2.53. The summed E-state index contributed by atoms with van der Waals surface area (Å²) in [5.41, 5.74) is 27.7. The van der Waals surface area contributed by atoms with Crippen molar-refractivity contribution < 1.29 is 0 Å². The zero-order valence-electron chi connectivity index (χ0n) is 50.0. The Labute approximate surface area is 458 Å². The molecule has 0 bridgehead atoms. The molecule has 3 heterocycles. The van der Waals surface area contributed by atoms with Crippen LogP contribution >= 0.6 is 11.3 Å². The summed E-state index contributed by atoms with van der Waals surface area (Å²) in [6.07, 6.45) is 9.49. The Morgan fingerprint density at radius 1 is 0.440 bits per heavy atom. The highest BCUT2D eigenvalue weighted by molar-refractivity contribution is 7.29. The number of aryl methyl sites for hydroxylation is 1. The van der Waals surface area contributed by atoms with Crippen molar-refractivity contribution in [2.45, 2.75) is 239 Å². The lowest BCUT2D eigenvalue weighted by atomic mass is 9.35. The SMILES string of the molecule is Cc1cc2c3c(c1)N(c1ccc4c(c1)C(C)(C)CCC4(C)C)c1c(sc4c1C(C)(C)CCC4(C)C)B3c1cc3c(cc1N2c1cc2c(cc1-c1ccccc1C(C)(C)C)C(C)(C)CCC2(C)C)C(C)(C)CCC3(C)C. The molecule has 0 N–H and O–H groups in total. The molecular formula is C71H89BN2S. The molecule has 1 aromatic heterocycles. The number of nitrogens with zero attached hydrogens (tertiary/aromatic N) is 2. The summed E-state index contributed by atoms with van der Waals surface area (Å²) >= 11 is 2.18. The number of hydrogen-bond acceptors (Lipinski definition) is 3. The van der Waals surface area contributed by atoms with Crippen molar-refractivity contribution in [2.75, 3.05) is 9.80 Å². The fraction of sp³-hybridized carbons (Fsp3) is 0.521. The van der Waals surface area contributed by atoms with Gasteiger partial charge in [0.1, 0.15) is 0 Å². The van der Waals surface area contributed by atoms with Gasteiger partial charge in [0, 0.05) is 38.0 Å². The fourth-order valence-electron chi connectivity index (χ4n) is 15.6. The second kappa shape index (κ2) is 15.8. The maximum Gasteiger partial charge on any atom is 0.264 e. The van der Waals surface area contributed by atoms with Crippen molar-refractivity contribution in [3.63, 3.8) is 0 Å². The Hall–Kier alpha value is -4.54. The molecule has 5 aromatic carbocycles. The van der Waals surface area contributed by atoms with Gasteiger partial charge < -0.3 is 9.80 Å². The number of thiophene rings is 1. The third-order valence-electron chi connectivity index (χ3n) is 21.0. The van der Waals surface area contributed by atoms with Crippen molar-refractivity contribution in [1.82, 2.24) is 0 Å². The van der Waals surface area contributed by atoms with E-state index in [0.717, 1.165) is 0 Å². The summed E-state index contributed by atoms with van der Waals surface area (Å²) in [6.45, 7) is 50.0. The smallest absolute Gasteiger partial charge is 0.264 e. The van der Waals surface area contributed by atoms with Crippen LogP contribution < -0.4 is 25.5 Å². The number of rotatable bonds is 3. The molecule has 0 amide bonds. The molecule has 0 spiro atoms. The van der Waals surface area contributed by atoms with E-state index >= 15 is 0 Å². The maximum absolute atomic E-state index is 2.84. The predicted octanol–water partition coefficient (Wildman–Crippen LogP) is 18.5. The van der Waals surface area contributed by atoms with Gasteiger partial charge in [-0.05, 0) is 216 Å². The average Bonchev–Trinajstić information content (AvgIpc) is 3.75. The van der Waals surface area contributed by atoms with Crippen LogP contribution in [0.1, 0.15) is 238 Å². The molecule has 6 aromatic rings. The largest absolute Gasteiger partial charge is 0.311 e. The monoisotopic (exact) mass is 1010 g/mol. The molecule has 0 atom stereocenters. The quantitative estimate of drug-likeness (QED) is 0.163. The van der Waals surface area contributed by atoms with E-state index in [2.05, 4.69) is 238 Å². The van der Waals surface area contributed by atoms with Crippen molar-refractivity contribution in [3.8, 4) is 11.1 Å². The first kappa shape index (κ1) is 51.2. The van der Waals surface area contributed by atoms with Crippen molar-refractivity contribution in [2.24, 2.45) is 0 Å². The van der Waals surface area contributed by atoms with Gasteiger partial charge in [-0.2, -0.15) is 11.3 Å². The Morgan fingerprint density at radius 3 is 1.48 bits per heavy atom. The third kappa shape index (κ3) is 7.49. The Bertz CT molecular complexity index is 3410. The van der Waals surface area contributed by atoms with Crippen LogP contribution in [0.3, 0.4) is 0 Å². The van der Waals surface area contributed by atoms with Crippen LogP contribution in [0, 0.1) is 6.92 Å². The van der Waals surface area contributed by atoms with Gasteiger partial charge >= 0.3 is 0 Å². The van der Waals surface area contributed by atoms with Crippen molar-refractivity contribution in [1.29, 1.82) is 0 Å². The van der Waals surface area contributed by atoms with Gasteiger partial charge in [0.05, 0.1) is 11.4 Å². The summed E-state index contributed by atoms with van der Waals surface area (Å²) in [4.78, 5) is 7.27. The molecule has 2 aliphatic heterocycles. The van der Waals surface area contributed by atoms with E-state index in [9.17, 15) is 0 Å². The number of hydrogen-bond donors (Lipinski definition) is 0. The first-order valence-corrected chi connectivity index (χ1v) is 30.0. The summed E-state index contributed by atoms with van der Waals surface area (Å²) in [5.74, 6) is 0. The molecule has 12 rings (SSSR count). The lowest BCUT2D eigenvalue weighted by molar-refractivity contribution is 0.332. The van der Waals surface area contributed by atoms with Crippen LogP contribution in [-0.4, -0.2) is 6.71 Å². The standard InChI is InChI=1S/C71H89BN2S/c1-42-35-56-59-57(36-42)74(54-40-51-49(66(9,10)29-31-68(51,13)14)38-45(54)44-23-21-22-24-46(44)63(2,3)4)55-41-52-50(67(11,12)30-32-69(52,15)16)39-53(55)72(59)62-60(58-61(75-62)71(19,20)34-33-70(58,17)18)73(56)43-25-26-47-48(37-43)65(7,8)28-27-64(47,5)6/h21-26,35-41H,27-34H2,1-20H3. The molecule has 0 unspecified atom stereocenters. The van der Waals surface area contributed by atoms with E-state index in [4.69, 9.17) is 0 Å². The predicted molar refractivity (Wildman–Crippen MR) is 328 cm³/mol. The highest BCUT2D eigenvalue weighted by Crippen LogP contribution is 2.60. The number of benzene rings is 5. The second-order valence-electron chi connectivity index (χ2n) is 31.3. The van der Waals surface area contributed by atoms with Gasteiger partial charge in [0.25, 0.3) is 6.71 Å². The summed E-state index contributed by atoms with van der Waals surface area (Å²) in [6, 6.07) is 33.2. The van der Waals surface area contributed by atoms with Gasteiger partial charge in [0.15, 0.2) is 0 Å². The van der Waals surface area contributed by atoms with Crippen LogP contribution in [0.4, 0.5) is 34.1 Å². The van der Waals surface area contributed by atoms with Crippen molar-refractivity contribution in [3.05, 3.63) is 134 Å². The van der Waals surface area contributed by atoms with E-state index in [-0.39, 0.29) is 55.4 Å². The first-order chi connectivity index (χ1) is 34.7. The van der Waals surface area contributed by atoms with E-state index in [1.165, 1.54) is 146 Å². The summed E-state index contributed by atoms with van der Waals surface area (Å²) < 4.78 is 1.54. The summed E-state index contributed by atoms with van der Waals surface area (Å²) in [5, 5.41) is 0. The Balaban J connectivity index is 1.26. The lowest BCUT2D eigenvalue weighted by Crippen LogP contribution is -2.61. The van der Waals surface area contributed by atoms with Gasteiger partial charge in [-0.15, -0.1) is 0 Å².